The first-order chi connectivity index (χ1) is 16.3. The molecule has 35 heavy (non-hydrogen) atoms. The lowest BCUT2D eigenvalue weighted by molar-refractivity contribution is -0.0439. The Morgan fingerprint density at radius 3 is 2.11 bits per heavy atom. The van der Waals surface area contributed by atoms with Crippen LogP contribution in [0.5, 0.6) is 0 Å². The number of alkyl halides is 3. The van der Waals surface area contributed by atoms with E-state index in [1.807, 2.05) is 0 Å². The molecule has 0 aliphatic carbocycles. The standard InChI is InChI=1S/C23H18BrF3N2O4S2/c1-15-8-11-19(12-9-15)34(30,31)28(18-6-4-3-5-7-18)22-16(2)20-13-10-17(24)14-21(20)29(22)35(32,33)23(25,26)27/h3-14,22H,2H2,1H3/t22-/m1/s1. The van der Waals surface area contributed by atoms with E-state index in [-0.39, 0.29) is 31.7 Å². The van der Waals surface area contributed by atoms with Gasteiger partial charge in [0.25, 0.3) is 10.0 Å². The Bertz CT molecular complexity index is 1510. The molecule has 0 aromatic heterocycles. The van der Waals surface area contributed by atoms with Gasteiger partial charge in [0.2, 0.25) is 0 Å². The van der Waals surface area contributed by atoms with Gasteiger partial charge in [-0.1, -0.05) is 64.5 Å². The van der Waals surface area contributed by atoms with Crippen molar-refractivity contribution in [2.45, 2.75) is 23.5 Å². The third-order valence-corrected chi connectivity index (χ3v) is 9.23. The summed E-state index contributed by atoms with van der Waals surface area (Å²) in [6, 6.07) is 17.1. The molecule has 0 amide bonds. The van der Waals surface area contributed by atoms with Crippen molar-refractivity contribution >= 4 is 52.9 Å². The predicted molar refractivity (Wildman–Crippen MR) is 132 cm³/mol. The van der Waals surface area contributed by atoms with Crippen LogP contribution in [0, 0.1) is 6.92 Å². The number of sulfonamides is 2. The van der Waals surface area contributed by atoms with Crippen LogP contribution in [0.3, 0.4) is 0 Å². The molecule has 1 atom stereocenters. The highest BCUT2D eigenvalue weighted by atomic mass is 79.9. The maximum atomic E-state index is 13.9. The van der Waals surface area contributed by atoms with E-state index in [2.05, 4.69) is 22.5 Å². The molecule has 0 N–H and O–H groups in total. The number of aryl methyl sites for hydroxylation is 1. The zero-order valence-corrected chi connectivity index (χ0v) is 21.3. The highest BCUT2D eigenvalue weighted by Crippen LogP contribution is 2.48. The average molecular weight is 587 g/mol. The Hall–Kier alpha value is -2.83. The molecule has 1 aliphatic heterocycles. The Balaban J connectivity index is 2.04. The van der Waals surface area contributed by atoms with E-state index in [0.29, 0.717) is 8.78 Å². The molecule has 1 aliphatic rings. The summed E-state index contributed by atoms with van der Waals surface area (Å²) >= 11 is 3.15. The minimum Gasteiger partial charge on any atom is -0.239 e. The lowest BCUT2D eigenvalue weighted by Crippen LogP contribution is -2.54. The molecule has 3 aromatic rings. The van der Waals surface area contributed by atoms with Crippen molar-refractivity contribution in [2.24, 2.45) is 0 Å². The highest BCUT2D eigenvalue weighted by Gasteiger charge is 2.57. The maximum Gasteiger partial charge on any atom is 0.516 e. The lowest BCUT2D eigenvalue weighted by atomic mass is 10.1. The van der Waals surface area contributed by atoms with Crippen LogP contribution >= 0.6 is 15.9 Å². The topological polar surface area (TPSA) is 74.8 Å². The quantitative estimate of drug-likeness (QED) is 0.386. The van der Waals surface area contributed by atoms with E-state index in [4.69, 9.17) is 0 Å². The van der Waals surface area contributed by atoms with Gasteiger partial charge in [-0.05, 0) is 48.9 Å². The number of rotatable bonds is 5. The molecule has 0 saturated carbocycles. The molecular weight excluding hydrogens is 569 g/mol. The minimum atomic E-state index is -6.05. The number of hydrogen-bond acceptors (Lipinski definition) is 4. The summed E-state index contributed by atoms with van der Waals surface area (Å²) in [5.74, 6) is 0. The summed E-state index contributed by atoms with van der Waals surface area (Å²) in [6.07, 6.45) is -1.94. The molecule has 6 nitrogen and oxygen atoms in total. The van der Waals surface area contributed by atoms with Crippen LogP contribution < -0.4 is 8.61 Å². The summed E-state index contributed by atoms with van der Waals surface area (Å²) in [4.78, 5) is -0.221. The van der Waals surface area contributed by atoms with E-state index in [1.54, 1.807) is 13.0 Å². The van der Waals surface area contributed by atoms with Gasteiger partial charge in [-0.25, -0.2) is 17.0 Å². The highest BCUT2D eigenvalue weighted by molar-refractivity contribution is 9.10. The number of anilines is 2. The Morgan fingerprint density at radius 1 is 0.943 bits per heavy atom. The van der Waals surface area contributed by atoms with E-state index >= 15 is 0 Å². The molecule has 0 radical (unpaired) electrons. The number of hydrogen-bond donors (Lipinski definition) is 0. The monoisotopic (exact) mass is 586 g/mol. The number of halogens is 4. The van der Waals surface area contributed by atoms with Gasteiger partial charge in [-0.2, -0.15) is 21.6 Å². The molecule has 4 rings (SSSR count). The zero-order chi connectivity index (χ0) is 25.8. The van der Waals surface area contributed by atoms with Crippen LogP contribution in [0.2, 0.25) is 0 Å². The maximum absolute atomic E-state index is 13.9. The summed E-state index contributed by atoms with van der Waals surface area (Å²) in [5.41, 5.74) is -5.36. The third kappa shape index (κ3) is 4.23. The number of benzene rings is 3. The first kappa shape index (κ1) is 25.3. The summed E-state index contributed by atoms with van der Waals surface area (Å²) in [6.45, 7) is 5.57. The van der Waals surface area contributed by atoms with Crippen LogP contribution in [0.25, 0.3) is 5.57 Å². The van der Waals surface area contributed by atoms with E-state index in [9.17, 15) is 30.0 Å². The Labute approximate surface area is 209 Å². The summed E-state index contributed by atoms with van der Waals surface area (Å²) < 4.78 is 96.1. The predicted octanol–water partition coefficient (Wildman–Crippen LogP) is 5.66. The van der Waals surface area contributed by atoms with Crippen molar-refractivity contribution in [3.63, 3.8) is 0 Å². The third-order valence-electron chi connectivity index (χ3n) is 5.44. The van der Waals surface area contributed by atoms with Gasteiger partial charge in [0.1, 0.15) is 0 Å². The fraction of sp³-hybridized carbons (Fsp3) is 0.130. The van der Waals surface area contributed by atoms with Gasteiger partial charge in [-0.3, -0.25) is 0 Å². The fourth-order valence-corrected chi connectivity index (χ4v) is 6.91. The number of para-hydroxylation sites is 1. The molecule has 0 bridgehead atoms. The van der Waals surface area contributed by atoms with Crippen molar-refractivity contribution in [3.05, 3.63) is 95.0 Å². The van der Waals surface area contributed by atoms with Crippen LogP contribution in [0.4, 0.5) is 24.5 Å². The molecular formula is C23H18BrF3N2O4S2. The first-order valence-corrected chi connectivity index (χ1v) is 13.7. The Kier molecular flexibility index (Phi) is 6.27. The van der Waals surface area contributed by atoms with Crippen molar-refractivity contribution in [3.8, 4) is 0 Å². The first-order valence-electron chi connectivity index (χ1n) is 10.0. The van der Waals surface area contributed by atoms with Crippen molar-refractivity contribution in [2.75, 3.05) is 8.61 Å². The molecule has 0 fully saturated rings. The fourth-order valence-electron chi connectivity index (χ4n) is 3.79. The average Bonchev–Trinajstić information content (AvgIpc) is 3.06. The number of fused-ring (bicyclic) bond motifs is 1. The lowest BCUT2D eigenvalue weighted by Gasteiger charge is -2.37. The second-order valence-electron chi connectivity index (χ2n) is 7.76. The van der Waals surface area contributed by atoms with Gasteiger partial charge >= 0.3 is 15.5 Å². The van der Waals surface area contributed by atoms with Crippen LogP contribution in [-0.4, -0.2) is 28.5 Å². The summed E-state index contributed by atoms with van der Waals surface area (Å²) in [5, 5.41) is 0. The molecule has 0 saturated heterocycles. The Morgan fingerprint density at radius 2 is 1.54 bits per heavy atom. The largest absolute Gasteiger partial charge is 0.516 e. The second kappa shape index (κ2) is 8.68. The van der Waals surface area contributed by atoms with Crippen molar-refractivity contribution in [1.29, 1.82) is 0 Å². The van der Waals surface area contributed by atoms with Crippen molar-refractivity contribution < 1.29 is 30.0 Å². The molecule has 0 spiro atoms. The normalized spacial score (nSPS) is 16.3. The van der Waals surface area contributed by atoms with Gasteiger partial charge < -0.3 is 0 Å². The second-order valence-corrected chi connectivity index (χ2v) is 12.3. The molecule has 184 valence electrons. The van der Waals surface area contributed by atoms with Gasteiger partial charge in [0.05, 0.1) is 16.3 Å². The van der Waals surface area contributed by atoms with Gasteiger partial charge in [0.15, 0.2) is 6.17 Å². The van der Waals surface area contributed by atoms with E-state index < -0.39 is 31.7 Å². The van der Waals surface area contributed by atoms with E-state index in [0.717, 1.165) is 5.56 Å². The van der Waals surface area contributed by atoms with E-state index in [1.165, 1.54) is 66.7 Å². The molecule has 12 heteroatoms. The smallest absolute Gasteiger partial charge is 0.239 e. The number of nitrogens with zero attached hydrogens (tertiary/aromatic N) is 2. The van der Waals surface area contributed by atoms with Gasteiger partial charge in [-0.15, -0.1) is 0 Å². The summed E-state index contributed by atoms with van der Waals surface area (Å²) in [7, 11) is -10.6. The zero-order valence-electron chi connectivity index (χ0n) is 18.1. The van der Waals surface area contributed by atoms with Crippen LogP contribution in [0.15, 0.2) is 88.7 Å². The van der Waals surface area contributed by atoms with Crippen LogP contribution in [0.1, 0.15) is 11.1 Å². The SMILES string of the molecule is C=C1c2ccc(Br)cc2N(S(=O)(=O)C(F)(F)F)[C@H]1N(c1ccccc1)S(=O)(=O)c1ccc(C)cc1. The van der Waals surface area contributed by atoms with Crippen LogP contribution in [-0.2, 0) is 20.0 Å². The van der Waals surface area contributed by atoms with Crippen molar-refractivity contribution in [1.82, 2.24) is 0 Å². The molecule has 1 heterocycles. The minimum absolute atomic E-state index is 0.0338. The molecule has 0 unspecified atom stereocenters. The van der Waals surface area contributed by atoms with Gasteiger partial charge in [0, 0.05) is 10.0 Å². The molecule has 3 aromatic carbocycles.